The monoisotopic (exact) mass is 702 g/mol. The fourth-order valence-electron chi connectivity index (χ4n) is 6.92. The third-order valence-corrected chi connectivity index (χ3v) is 9.66. The highest BCUT2D eigenvalue weighted by Crippen LogP contribution is 2.51. The fourth-order valence-corrected chi connectivity index (χ4v) is 6.92. The molecular weight excluding hydrogens is 664 g/mol. The Hall–Kier alpha value is -5.76. The molecule has 52 heavy (non-hydrogen) atoms. The molecular formula is C44H38F4N2O2. The number of halogens is 4. The van der Waals surface area contributed by atoms with Crippen LogP contribution >= 0.6 is 0 Å². The van der Waals surface area contributed by atoms with E-state index in [9.17, 15) is 0 Å². The van der Waals surface area contributed by atoms with Crippen molar-refractivity contribution >= 4 is 22.7 Å². The van der Waals surface area contributed by atoms with Crippen molar-refractivity contribution in [3.05, 3.63) is 155 Å². The second-order valence-corrected chi connectivity index (χ2v) is 12.8. The molecule has 1 aliphatic heterocycles. The van der Waals surface area contributed by atoms with E-state index < -0.39 is 34.8 Å². The Labute approximate surface area is 301 Å². The Morgan fingerprint density at radius 2 is 0.865 bits per heavy atom. The molecule has 0 radical (unpaired) electrons. The van der Waals surface area contributed by atoms with Gasteiger partial charge in [0.1, 0.15) is 13.2 Å². The number of nitrogens with zero attached hydrogens (tertiary/aromatic N) is 2. The fraction of sp³-hybridized carbons (Fsp3) is 0.182. The average molecular weight is 703 g/mol. The van der Waals surface area contributed by atoms with Crippen molar-refractivity contribution < 1.29 is 27.0 Å². The van der Waals surface area contributed by atoms with Gasteiger partial charge in [0.25, 0.3) is 0 Å². The van der Waals surface area contributed by atoms with Crippen LogP contribution in [0.2, 0.25) is 0 Å². The van der Waals surface area contributed by atoms with Crippen LogP contribution in [-0.4, -0.2) is 13.1 Å². The Balaban J connectivity index is 1.21. The van der Waals surface area contributed by atoms with Crippen LogP contribution in [0, 0.1) is 37.1 Å². The Morgan fingerprint density at radius 3 is 1.23 bits per heavy atom. The number of hydrogen-bond acceptors (Lipinski definition) is 4. The largest absolute Gasteiger partial charge is 0.483 e. The van der Waals surface area contributed by atoms with Crippen LogP contribution in [0.3, 0.4) is 0 Å². The molecule has 6 aromatic rings. The van der Waals surface area contributed by atoms with E-state index in [-0.39, 0.29) is 24.3 Å². The quantitative estimate of drug-likeness (QED) is 0.133. The summed E-state index contributed by atoms with van der Waals surface area (Å²) in [6.07, 6.45) is 0. The first-order valence-electron chi connectivity index (χ1n) is 17.3. The van der Waals surface area contributed by atoms with E-state index in [1.807, 2.05) is 111 Å². The lowest BCUT2D eigenvalue weighted by Crippen LogP contribution is -2.29. The van der Waals surface area contributed by atoms with Gasteiger partial charge in [-0.25, -0.2) is 17.6 Å². The molecule has 4 nitrogen and oxygen atoms in total. The van der Waals surface area contributed by atoms with Crippen LogP contribution < -0.4 is 19.3 Å². The number of rotatable bonds is 10. The van der Waals surface area contributed by atoms with Gasteiger partial charge >= 0.3 is 0 Å². The Morgan fingerprint density at radius 1 is 0.481 bits per heavy atom. The average Bonchev–Trinajstić information content (AvgIpc) is 3.17. The van der Waals surface area contributed by atoms with Gasteiger partial charge in [-0.1, -0.05) is 72.8 Å². The highest BCUT2D eigenvalue weighted by atomic mass is 19.1. The van der Waals surface area contributed by atoms with Crippen LogP contribution in [0.15, 0.2) is 109 Å². The summed E-state index contributed by atoms with van der Waals surface area (Å²) >= 11 is 0. The molecule has 0 bridgehead atoms. The van der Waals surface area contributed by atoms with Gasteiger partial charge in [0, 0.05) is 13.1 Å². The summed E-state index contributed by atoms with van der Waals surface area (Å²) in [4.78, 5) is 4.27. The lowest BCUT2D eigenvalue weighted by Gasteiger charge is -2.40. The third kappa shape index (κ3) is 6.34. The molecule has 264 valence electrons. The molecule has 0 saturated heterocycles. The van der Waals surface area contributed by atoms with Gasteiger partial charge < -0.3 is 19.3 Å². The van der Waals surface area contributed by atoms with Crippen molar-refractivity contribution in [1.29, 1.82) is 0 Å². The molecule has 0 spiro atoms. The number of fused-ring (bicyclic) bond motifs is 2. The minimum Gasteiger partial charge on any atom is -0.483 e. The Kier molecular flexibility index (Phi) is 9.65. The van der Waals surface area contributed by atoms with Gasteiger partial charge in [0.15, 0.2) is 34.8 Å². The molecule has 1 heterocycles. The van der Waals surface area contributed by atoms with E-state index in [0.717, 1.165) is 33.9 Å². The number of ether oxygens (including phenoxy) is 2. The lowest BCUT2D eigenvalue weighted by atomic mass is 9.95. The van der Waals surface area contributed by atoms with E-state index in [4.69, 9.17) is 9.47 Å². The predicted octanol–water partition coefficient (Wildman–Crippen LogP) is 12.0. The molecule has 8 heteroatoms. The molecule has 6 aromatic carbocycles. The minimum absolute atomic E-state index is 0.0453. The first-order valence-corrected chi connectivity index (χ1v) is 17.3. The van der Waals surface area contributed by atoms with Gasteiger partial charge in [-0.05, 0) is 109 Å². The highest BCUT2D eigenvalue weighted by Gasteiger charge is 2.29. The summed E-state index contributed by atoms with van der Waals surface area (Å²) in [5.41, 5.74) is 7.92. The Bertz CT molecular complexity index is 2100. The molecule has 0 unspecified atom stereocenters. The molecule has 1 aliphatic rings. The van der Waals surface area contributed by atoms with Crippen molar-refractivity contribution in [2.75, 3.05) is 22.9 Å². The normalized spacial score (nSPS) is 12.1. The maximum absolute atomic E-state index is 15.7. The van der Waals surface area contributed by atoms with Crippen molar-refractivity contribution in [2.45, 2.75) is 40.9 Å². The maximum atomic E-state index is 15.7. The van der Waals surface area contributed by atoms with E-state index >= 15 is 17.6 Å². The van der Waals surface area contributed by atoms with Crippen LogP contribution in [0.5, 0.6) is 11.5 Å². The maximum Gasteiger partial charge on any atom is 0.191 e. The smallest absolute Gasteiger partial charge is 0.191 e. The summed E-state index contributed by atoms with van der Waals surface area (Å²) in [5, 5.41) is 0. The van der Waals surface area contributed by atoms with Gasteiger partial charge in [-0.15, -0.1) is 0 Å². The van der Waals surface area contributed by atoms with Crippen molar-refractivity contribution in [1.82, 2.24) is 0 Å². The van der Waals surface area contributed by atoms with Crippen LogP contribution in [0.1, 0.15) is 36.1 Å². The van der Waals surface area contributed by atoms with Gasteiger partial charge in [0.2, 0.25) is 0 Å². The van der Waals surface area contributed by atoms with E-state index in [0.29, 0.717) is 35.3 Å². The molecule has 0 N–H and O–H groups in total. The topological polar surface area (TPSA) is 24.9 Å². The second-order valence-electron chi connectivity index (χ2n) is 12.8. The molecule has 0 fully saturated rings. The summed E-state index contributed by atoms with van der Waals surface area (Å²) in [5.74, 6) is -3.81. The molecule has 0 saturated carbocycles. The zero-order valence-corrected chi connectivity index (χ0v) is 29.4. The first kappa shape index (κ1) is 34.7. The zero-order chi connectivity index (χ0) is 36.5. The summed E-state index contributed by atoms with van der Waals surface area (Å²) < 4.78 is 73.4. The zero-order valence-electron chi connectivity index (χ0n) is 29.4. The van der Waals surface area contributed by atoms with Crippen LogP contribution in [0.25, 0.3) is 22.3 Å². The molecule has 0 amide bonds. The van der Waals surface area contributed by atoms with Gasteiger partial charge in [-0.3, -0.25) is 0 Å². The first-order chi connectivity index (χ1) is 25.2. The predicted molar refractivity (Wildman–Crippen MR) is 200 cm³/mol. The van der Waals surface area contributed by atoms with Gasteiger partial charge in [-0.2, -0.15) is 0 Å². The van der Waals surface area contributed by atoms with Crippen molar-refractivity contribution in [3.8, 4) is 33.8 Å². The standard InChI is InChI=1S/C44H38F4N2O2/c1-5-49-37-19-17-32(34-24-36(46)44(42(48)28(34)4)52-26-30-15-11-8-12-16-30)22-40(37)50(6-2)38-20-18-31(21-39(38)49)33-23-35(45)43(41(47)27(33)3)51-25-29-13-9-7-10-14-29/h7-24H,5-6,25-26H2,1-4H3. The summed E-state index contributed by atoms with van der Waals surface area (Å²) in [6.45, 7) is 8.61. The second kappa shape index (κ2) is 14.5. The molecule has 7 rings (SSSR count). The van der Waals surface area contributed by atoms with E-state index in [1.54, 1.807) is 13.8 Å². The number of hydrogen-bond donors (Lipinski definition) is 0. The summed E-state index contributed by atoms with van der Waals surface area (Å²) in [6, 6.07) is 32.6. The third-order valence-electron chi connectivity index (χ3n) is 9.66. The van der Waals surface area contributed by atoms with E-state index in [1.165, 1.54) is 12.1 Å². The lowest BCUT2D eigenvalue weighted by molar-refractivity contribution is 0.273. The molecule has 0 aromatic heterocycles. The highest BCUT2D eigenvalue weighted by molar-refractivity contribution is 5.96. The molecule has 0 atom stereocenters. The summed E-state index contributed by atoms with van der Waals surface area (Å²) in [7, 11) is 0. The number of anilines is 4. The van der Waals surface area contributed by atoms with Crippen LogP contribution in [-0.2, 0) is 13.2 Å². The molecule has 0 aliphatic carbocycles. The SMILES string of the molecule is CCN1c2ccc(-c3cc(F)c(OCc4ccccc4)c(F)c3C)cc2N(CC)c2ccc(-c3cc(F)c(OCc4ccccc4)c(F)c3C)cc21. The number of benzene rings is 6. The van der Waals surface area contributed by atoms with E-state index in [2.05, 4.69) is 9.80 Å². The van der Waals surface area contributed by atoms with Crippen LogP contribution in [0.4, 0.5) is 40.3 Å². The van der Waals surface area contributed by atoms with Crippen molar-refractivity contribution in [3.63, 3.8) is 0 Å². The van der Waals surface area contributed by atoms with Gasteiger partial charge in [0.05, 0.1) is 22.7 Å². The minimum atomic E-state index is -0.772. The van der Waals surface area contributed by atoms with Crippen molar-refractivity contribution in [2.24, 2.45) is 0 Å².